The molecule has 2 rings (SSSR count). The molecule has 1 heterocycles. The van der Waals surface area contributed by atoms with Gasteiger partial charge in [0.15, 0.2) is 0 Å². The molecule has 2 aromatic rings. The van der Waals surface area contributed by atoms with Gasteiger partial charge in [0.1, 0.15) is 11.6 Å². The second kappa shape index (κ2) is 5.46. The van der Waals surface area contributed by atoms with Crippen molar-refractivity contribution in [3.8, 4) is 11.6 Å². The van der Waals surface area contributed by atoms with E-state index in [1.54, 1.807) is 12.3 Å². The topological polar surface area (TPSA) is 48.1 Å². The molecular formula is C13H12BrFN2O. The first-order valence-electron chi connectivity index (χ1n) is 5.38. The highest BCUT2D eigenvalue weighted by atomic mass is 79.9. The maximum Gasteiger partial charge on any atom is 0.222 e. The number of halogens is 2. The molecule has 18 heavy (non-hydrogen) atoms. The Labute approximate surface area is 113 Å². The van der Waals surface area contributed by atoms with Crippen molar-refractivity contribution < 1.29 is 9.13 Å². The lowest BCUT2D eigenvalue weighted by molar-refractivity contribution is 0.454. The normalized spacial score (nSPS) is 10.4. The van der Waals surface area contributed by atoms with Gasteiger partial charge in [-0.3, -0.25) is 0 Å². The van der Waals surface area contributed by atoms with Gasteiger partial charge in [-0.05, 0) is 52.7 Å². The molecule has 1 aromatic carbocycles. The monoisotopic (exact) mass is 310 g/mol. The fourth-order valence-electron chi connectivity index (χ4n) is 1.50. The summed E-state index contributed by atoms with van der Waals surface area (Å²) in [5.74, 6) is 0.685. The quantitative estimate of drug-likeness (QED) is 0.943. The minimum atomic E-state index is -0.322. The summed E-state index contributed by atoms with van der Waals surface area (Å²) in [4.78, 5) is 4.19. The lowest BCUT2D eigenvalue weighted by Crippen LogP contribution is -1.99. The van der Waals surface area contributed by atoms with E-state index in [0.717, 1.165) is 11.1 Å². The first kappa shape index (κ1) is 13.0. The molecule has 0 fully saturated rings. The molecule has 0 amide bonds. The van der Waals surface area contributed by atoms with Gasteiger partial charge in [0.05, 0.1) is 4.47 Å². The van der Waals surface area contributed by atoms with E-state index >= 15 is 0 Å². The van der Waals surface area contributed by atoms with E-state index in [4.69, 9.17) is 10.5 Å². The molecule has 3 nitrogen and oxygen atoms in total. The van der Waals surface area contributed by atoms with Gasteiger partial charge in [0, 0.05) is 18.3 Å². The Kier molecular flexibility index (Phi) is 3.93. The summed E-state index contributed by atoms with van der Waals surface area (Å²) >= 11 is 3.24. The lowest BCUT2D eigenvalue weighted by atomic mass is 10.2. The molecule has 94 valence electrons. The average molecular weight is 311 g/mol. The molecule has 0 bridgehead atoms. The van der Waals surface area contributed by atoms with Crippen molar-refractivity contribution in [1.82, 2.24) is 4.98 Å². The van der Waals surface area contributed by atoms with Crippen molar-refractivity contribution in [2.24, 2.45) is 5.73 Å². The molecule has 0 aliphatic heterocycles. The molecule has 0 saturated carbocycles. The van der Waals surface area contributed by atoms with Gasteiger partial charge in [0.25, 0.3) is 0 Å². The Bertz CT molecular complexity index is 575. The number of aromatic nitrogens is 1. The standard InChI is InChI=1S/C13H12BrFN2O/c1-8-4-9(6-16)7-17-13(8)18-12-3-2-10(15)5-11(12)14/h2-5,7H,6,16H2,1H3. The maximum atomic E-state index is 12.9. The van der Waals surface area contributed by atoms with E-state index in [2.05, 4.69) is 20.9 Å². The molecule has 0 aliphatic rings. The van der Waals surface area contributed by atoms with Gasteiger partial charge in [-0.15, -0.1) is 0 Å². The predicted molar refractivity (Wildman–Crippen MR) is 71.0 cm³/mol. The molecule has 2 N–H and O–H groups in total. The van der Waals surface area contributed by atoms with E-state index in [1.807, 2.05) is 13.0 Å². The zero-order valence-corrected chi connectivity index (χ0v) is 11.4. The van der Waals surface area contributed by atoms with Crippen molar-refractivity contribution in [1.29, 1.82) is 0 Å². The highest BCUT2D eigenvalue weighted by molar-refractivity contribution is 9.10. The average Bonchev–Trinajstić information content (AvgIpc) is 2.34. The number of aryl methyl sites for hydroxylation is 1. The van der Waals surface area contributed by atoms with E-state index < -0.39 is 0 Å². The van der Waals surface area contributed by atoms with Crippen molar-refractivity contribution in [2.45, 2.75) is 13.5 Å². The van der Waals surface area contributed by atoms with Crippen molar-refractivity contribution in [3.05, 3.63) is 51.9 Å². The highest BCUT2D eigenvalue weighted by Crippen LogP contribution is 2.30. The fraction of sp³-hybridized carbons (Fsp3) is 0.154. The van der Waals surface area contributed by atoms with Gasteiger partial charge in [-0.1, -0.05) is 0 Å². The van der Waals surface area contributed by atoms with E-state index in [9.17, 15) is 4.39 Å². The SMILES string of the molecule is Cc1cc(CN)cnc1Oc1ccc(F)cc1Br. The summed E-state index contributed by atoms with van der Waals surface area (Å²) in [6.45, 7) is 2.33. The largest absolute Gasteiger partial charge is 0.438 e. The molecule has 5 heteroatoms. The minimum Gasteiger partial charge on any atom is -0.438 e. The summed E-state index contributed by atoms with van der Waals surface area (Å²) in [5.41, 5.74) is 7.36. The third-order valence-electron chi connectivity index (χ3n) is 2.42. The van der Waals surface area contributed by atoms with Crippen LogP contribution in [0.2, 0.25) is 0 Å². The fourth-order valence-corrected chi connectivity index (χ4v) is 1.93. The van der Waals surface area contributed by atoms with E-state index in [-0.39, 0.29) is 5.82 Å². The van der Waals surface area contributed by atoms with Gasteiger partial charge in [-0.2, -0.15) is 0 Å². The van der Waals surface area contributed by atoms with Crippen LogP contribution in [-0.4, -0.2) is 4.98 Å². The first-order chi connectivity index (χ1) is 8.60. The third-order valence-corrected chi connectivity index (χ3v) is 3.04. The molecular weight excluding hydrogens is 299 g/mol. The van der Waals surface area contributed by atoms with Crippen LogP contribution >= 0.6 is 15.9 Å². The van der Waals surface area contributed by atoms with Gasteiger partial charge in [-0.25, -0.2) is 9.37 Å². The van der Waals surface area contributed by atoms with Crippen LogP contribution in [0.5, 0.6) is 11.6 Å². The predicted octanol–water partition coefficient (Wildman–Crippen LogP) is 3.54. The zero-order chi connectivity index (χ0) is 13.1. The molecule has 0 aliphatic carbocycles. The Morgan fingerprint density at radius 1 is 1.39 bits per heavy atom. The number of hydrogen-bond donors (Lipinski definition) is 1. The number of pyridine rings is 1. The van der Waals surface area contributed by atoms with Crippen LogP contribution in [0.1, 0.15) is 11.1 Å². The van der Waals surface area contributed by atoms with Crippen LogP contribution in [-0.2, 0) is 6.54 Å². The Morgan fingerprint density at radius 3 is 2.78 bits per heavy atom. The molecule has 0 atom stereocenters. The number of benzene rings is 1. The second-order valence-corrected chi connectivity index (χ2v) is 4.70. The van der Waals surface area contributed by atoms with Gasteiger partial charge in [0.2, 0.25) is 5.88 Å². The van der Waals surface area contributed by atoms with Crippen LogP contribution in [0.25, 0.3) is 0 Å². The molecule has 0 unspecified atom stereocenters. The molecule has 0 saturated heterocycles. The Hall–Kier alpha value is -1.46. The number of ether oxygens (including phenoxy) is 1. The van der Waals surface area contributed by atoms with Gasteiger partial charge >= 0.3 is 0 Å². The maximum absolute atomic E-state index is 12.9. The van der Waals surface area contributed by atoms with Gasteiger partial charge < -0.3 is 10.5 Å². The van der Waals surface area contributed by atoms with Crippen LogP contribution in [0, 0.1) is 12.7 Å². The number of nitrogens with zero attached hydrogens (tertiary/aromatic N) is 1. The second-order valence-electron chi connectivity index (χ2n) is 3.85. The Balaban J connectivity index is 2.28. The summed E-state index contributed by atoms with van der Waals surface area (Å²) in [7, 11) is 0. The van der Waals surface area contributed by atoms with E-state index in [1.165, 1.54) is 12.1 Å². The smallest absolute Gasteiger partial charge is 0.222 e. The number of hydrogen-bond acceptors (Lipinski definition) is 3. The van der Waals surface area contributed by atoms with Crippen LogP contribution < -0.4 is 10.5 Å². The summed E-state index contributed by atoms with van der Waals surface area (Å²) < 4.78 is 19.1. The molecule has 0 radical (unpaired) electrons. The van der Waals surface area contributed by atoms with Crippen molar-refractivity contribution in [3.63, 3.8) is 0 Å². The Morgan fingerprint density at radius 2 is 2.17 bits per heavy atom. The van der Waals surface area contributed by atoms with Crippen molar-refractivity contribution >= 4 is 15.9 Å². The van der Waals surface area contributed by atoms with Crippen molar-refractivity contribution in [2.75, 3.05) is 0 Å². The molecule has 0 spiro atoms. The zero-order valence-electron chi connectivity index (χ0n) is 9.78. The highest BCUT2D eigenvalue weighted by Gasteiger charge is 2.08. The summed E-state index contributed by atoms with van der Waals surface area (Å²) in [6, 6.07) is 6.15. The van der Waals surface area contributed by atoms with Crippen LogP contribution in [0.15, 0.2) is 34.9 Å². The van der Waals surface area contributed by atoms with Crippen LogP contribution in [0.4, 0.5) is 4.39 Å². The number of rotatable bonds is 3. The summed E-state index contributed by atoms with van der Waals surface area (Å²) in [6.07, 6.45) is 1.67. The number of nitrogens with two attached hydrogens (primary N) is 1. The first-order valence-corrected chi connectivity index (χ1v) is 6.18. The lowest BCUT2D eigenvalue weighted by Gasteiger charge is -2.10. The minimum absolute atomic E-state index is 0.322. The molecule has 1 aromatic heterocycles. The third kappa shape index (κ3) is 2.86. The van der Waals surface area contributed by atoms with E-state index in [0.29, 0.717) is 22.6 Å². The summed E-state index contributed by atoms with van der Waals surface area (Å²) in [5, 5.41) is 0. The van der Waals surface area contributed by atoms with Crippen LogP contribution in [0.3, 0.4) is 0 Å².